The van der Waals surface area contributed by atoms with Crippen LogP contribution in [0.3, 0.4) is 0 Å². The van der Waals surface area contributed by atoms with E-state index < -0.39 is 0 Å². The van der Waals surface area contributed by atoms with Crippen molar-refractivity contribution in [2.24, 2.45) is 0 Å². The van der Waals surface area contributed by atoms with E-state index in [2.05, 4.69) is 20.8 Å². The van der Waals surface area contributed by atoms with Crippen LogP contribution >= 0.6 is 11.6 Å². The van der Waals surface area contributed by atoms with Gasteiger partial charge in [0.15, 0.2) is 0 Å². The number of anilines is 1. The fraction of sp³-hybridized carbons (Fsp3) is 0.238. The van der Waals surface area contributed by atoms with Crippen LogP contribution < -0.4 is 10.6 Å². The van der Waals surface area contributed by atoms with Crippen molar-refractivity contribution in [3.8, 4) is 11.5 Å². The number of carbonyl (C=O) groups is 2. The van der Waals surface area contributed by atoms with Gasteiger partial charge in [0.2, 0.25) is 17.7 Å². The van der Waals surface area contributed by atoms with E-state index in [0.717, 1.165) is 5.56 Å². The lowest BCUT2D eigenvalue weighted by Crippen LogP contribution is -2.31. The summed E-state index contributed by atoms with van der Waals surface area (Å²) in [6.45, 7) is 3.72. The first-order chi connectivity index (χ1) is 13.9. The van der Waals surface area contributed by atoms with Gasteiger partial charge in [-0.25, -0.2) is 0 Å². The smallest absolute Gasteiger partial charge is 0.253 e. The minimum absolute atomic E-state index is 0.0296. The summed E-state index contributed by atoms with van der Waals surface area (Å²) < 4.78 is 5.61. The maximum Gasteiger partial charge on any atom is 0.253 e. The number of halogens is 1. The molecular weight excluding hydrogens is 392 g/mol. The first-order valence-corrected chi connectivity index (χ1v) is 9.58. The molecule has 2 aromatic carbocycles. The zero-order valence-electron chi connectivity index (χ0n) is 16.1. The van der Waals surface area contributed by atoms with Crippen LogP contribution in [-0.4, -0.2) is 28.1 Å². The highest BCUT2D eigenvalue weighted by Gasteiger charge is 2.16. The van der Waals surface area contributed by atoms with Crippen LogP contribution in [0.15, 0.2) is 52.9 Å². The van der Waals surface area contributed by atoms with Gasteiger partial charge in [-0.15, -0.1) is 10.2 Å². The molecule has 0 fully saturated rings. The Morgan fingerprint density at radius 2 is 1.86 bits per heavy atom. The topological polar surface area (TPSA) is 97.1 Å². The Labute approximate surface area is 173 Å². The molecule has 0 saturated heterocycles. The maximum atomic E-state index is 12.4. The van der Waals surface area contributed by atoms with Gasteiger partial charge >= 0.3 is 0 Å². The van der Waals surface area contributed by atoms with Crippen LogP contribution in [0.1, 0.15) is 36.5 Å². The summed E-state index contributed by atoms with van der Waals surface area (Å²) in [5.41, 5.74) is 1.52. The molecule has 0 atom stereocenters. The third kappa shape index (κ3) is 5.65. The first-order valence-electron chi connectivity index (χ1n) is 9.20. The van der Waals surface area contributed by atoms with E-state index in [1.165, 1.54) is 0 Å². The highest BCUT2D eigenvalue weighted by Crippen LogP contribution is 2.22. The molecular formula is C21H21ClN4O3. The van der Waals surface area contributed by atoms with Gasteiger partial charge in [0.05, 0.1) is 11.3 Å². The molecule has 1 heterocycles. The second kappa shape index (κ2) is 9.34. The maximum absolute atomic E-state index is 12.4. The predicted molar refractivity (Wildman–Crippen MR) is 111 cm³/mol. The van der Waals surface area contributed by atoms with Crippen molar-refractivity contribution >= 4 is 29.1 Å². The average Bonchev–Trinajstić information content (AvgIpc) is 3.16. The van der Waals surface area contributed by atoms with Gasteiger partial charge in [0.1, 0.15) is 0 Å². The molecule has 150 valence electrons. The minimum atomic E-state index is -0.287. The summed E-state index contributed by atoms with van der Waals surface area (Å²) in [4.78, 5) is 24.7. The highest BCUT2D eigenvalue weighted by atomic mass is 35.5. The van der Waals surface area contributed by atoms with Crippen LogP contribution in [0.5, 0.6) is 0 Å². The number of carbonyl (C=O) groups excluding carboxylic acids is 2. The molecule has 3 rings (SSSR count). The second-order valence-electron chi connectivity index (χ2n) is 6.73. The lowest BCUT2D eigenvalue weighted by Gasteiger charge is -2.13. The van der Waals surface area contributed by atoms with E-state index in [1.54, 1.807) is 18.2 Å². The van der Waals surface area contributed by atoms with Crippen LogP contribution in [0.4, 0.5) is 5.69 Å². The van der Waals surface area contributed by atoms with Gasteiger partial charge in [-0.3, -0.25) is 9.59 Å². The van der Waals surface area contributed by atoms with E-state index in [9.17, 15) is 9.59 Å². The summed E-state index contributed by atoms with van der Waals surface area (Å²) in [7, 11) is 0. The Kier molecular flexibility index (Phi) is 6.61. The molecule has 2 amide bonds. The summed E-state index contributed by atoms with van der Waals surface area (Å²) >= 11 is 6.03. The third-order valence-corrected chi connectivity index (χ3v) is 4.21. The molecule has 0 unspecified atom stereocenters. The molecule has 7 nitrogen and oxygen atoms in total. The zero-order valence-corrected chi connectivity index (χ0v) is 16.9. The zero-order chi connectivity index (χ0) is 20.8. The average molecular weight is 413 g/mol. The second-order valence-corrected chi connectivity index (χ2v) is 7.17. The number of aromatic nitrogens is 2. The Bertz CT molecular complexity index is 1000. The lowest BCUT2D eigenvalue weighted by atomic mass is 10.1. The van der Waals surface area contributed by atoms with E-state index >= 15 is 0 Å². The number of aryl methyl sites for hydroxylation is 1. The van der Waals surface area contributed by atoms with E-state index in [4.69, 9.17) is 16.0 Å². The van der Waals surface area contributed by atoms with Gasteiger partial charge in [0, 0.05) is 29.5 Å². The Balaban J connectivity index is 1.63. The molecule has 0 spiro atoms. The molecule has 3 aromatic rings. The Hall–Kier alpha value is -3.19. The van der Waals surface area contributed by atoms with Crippen LogP contribution in [0, 0.1) is 0 Å². The molecule has 0 bridgehead atoms. The Morgan fingerprint density at radius 3 is 2.59 bits per heavy atom. The predicted octanol–water partition coefficient (Wildman–Crippen LogP) is 4.10. The molecule has 0 aliphatic carbocycles. The number of hydrogen-bond donors (Lipinski definition) is 2. The van der Waals surface area contributed by atoms with Crippen molar-refractivity contribution in [1.82, 2.24) is 15.5 Å². The van der Waals surface area contributed by atoms with Gasteiger partial charge < -0.3 is 15.1 Å². The molecule has 1 aromatic heterocycles. The van der Waals surface area contributed by atoms with Crippen molar-refractivity contribution in [1.29, 1.82) is 0 Å². The van der Waals surface area contributed by atoms with Gasteiger partial charge in [-0.05, 0) is 44.2 Å². The fourth-order valence-electron chi connectivity index (χ4n) is 2.64. The van der Waals surface area contributed by atoms with E-state index in [0.29, 0.717) is 28.1 Å². The SMILES string of the molecule is CC(C)NC(=O)c1ccc(Cl)cc1NC(=O)CCc1nnc(-c2ccccc2)o1. The first kappa shape index (κ1) is 20.5. The summed E-state index contributed by atoms with van der Waals surface area (Å²) in [5, 5.41) is 14.0. The van der Waals surface area contributed by atoms with Crippen molar-refractivity contribution in [3.05, 3.63) is 65.0 Å². The molecule has 2 N–H and O–H groups in total. The molecule has 0 aliphatic heterocycles. The number of hydrogen-bond acceptors (Lipinski definition) is 5. The fourth-order valence-corrected chi connectivity index (χ4v) is 2.82. The number of nitrogens with one attached hydrogen (secondary N) is 2. The van der Waals surface area contributed by atoms with E-state index in [-0.39, 0.29) is 30.7 Å². The Morgan fingerprint density at radius 1 is 1.10 bits per heavy atom. The van der Waals surface area contributed by atoms with Gasteiger partial charge in [-0.2, -0.15) is 0 Å². The van der Waals surface area contributed by atoms with Crippen LogP contribution in [0.25, 0.3) is 11.5 Å². The van der Waals surface area contributed by atoms with Gasteiger partial charge in [-0.1, -0.05) is 29.8 Å². The van der Waals surface area contributed by atoms with Crippen molar-refractivity contribution in [2.75, 3.05) is 5.32 Å². The van der Waals surface area contributed by atoms with Crippen molar-refractivity contribution < 1.29 is 14.0 Å². The van der Waals surface area contributed by atoms with Gasteiger partial charge in [0.25, 0.3) is 5.91 Å². The number of benzene rings is 2. The molecule has 0 saturated carbocycles. The molecule has 0 radical (unpaired) electrons. The molecule has 29 heavy (non-hydrogen) atoms. The van der Waals surface area contributed by atoms with Crippen LogP contribution in [0.2, 0.25) is 5.02 Å². The number of rotatable bonds is 7. The highest BCUT2D eigenvalue weighted by molar-refractivity contribution is 6.31. The number of amides is 2. The number of nitrogens with zero attached hydrogens (tertiary/aromatic N) is 2. The lowest BCUT2D eigenvalue weighted by molar-refractivity contribution is -0.116. The third-order valence-electron chi connectivity index (χ3n) is 3.97. The summed E-state index contributed by atoms with van der Waals surface area (Å²) in [6, 6.07) is 14.1. The minimum Gasteiger partial charge on any atom is -0.421 e. The van der Waals surface area contributed by atoms with Crippen molar-refractivity contribution in [3.63, 3.8) is 0 Å². The normalized spacial score (nSPS) is 10.8. The standard InChI is InChI=1S/C21H21ClN4O3/c1-13(2)23-20(28)16-9-8-15(22)12-17(16)24-18(27)10-11-19-25-26-21(29-19)14-6-4-3-5-7-14/h3-9,12-13H,10-11H2,1-2H3,(H,23,28)(H,24,27). The quantitative estimate of drug-likeness (QED) is 0.608. The van der Waals surface area contributed by atoms with E-state index in [1.807, 2.05) is 44.2 Å². The molecule has 0 aliphatic rings. The summed E-state index contributed by atoms with van der Waals surface area (Å²) in [6.07, 6.45) is 0.397. The van der Waals surface area contributed by atoms with Crippen molar-refractivity contribution in [2.45, 2.75) is 32.7 Å². The van der Waals surface area contributed by atoms with Crippen LogP contribution in [-0.2, 0) is 11.2 Å². The monoisotopic (exact) mass is 412 g/mol. The molecule has 8 heteroatoms. The summed E-state index contributed by atoms with van der Waals surface area (Å²) in [5.74, 6) is 0.202. The largest absolute Gasteiger partial charge is 0.421 e.